The highest BCUT2D eigenvalue weighted by atomic mass is 16.5. The maximum Gasteiger partial charge on any atom is 0.337 e. The molecule has 0 unspecified atom stereocenters. The highest BCUT2D eigenvalue weighted by Crippen LogP contribution is 2.10. The summed E-state index contributed by atoms with van der Waals surface area (Å²) in [6.45, 7) is -0.720. The van der Waals surface area contributed by atoms with Crippen LogP contribution in [0.2, 0.25) is 0 Å². The van der Waals surface area contributed by atoms with E-state index >= 15 is 0 Å². The first-order valence-electron chi connectivity index (χ1n) is 6.53. The molecule has 8 nitrogen and oxygen atoms in total. The van der Waals surface area contributed by atoms with Gasteiger partial charge in [-0.3, -0.25) is 9.59 Å². The van der Waals surface area contributed by atoms with Gasteiger partial charge in [-0.25, -0.2) is 4.79 Å². The average Bonchev–Trinajstić information content (AvgIpc) is 2.53. The van der Waals surface area contributed by atoms with Gasteiger partial charge in [0.25, 0.3) is 0 Å². The number of aliphatic hydroxyl groups is 2. The van der Waals surface area contributed by atoms with Gasteiger partial charge in [-0.05, 0) is 24.3 Å². The number of carbonyl (C=O) groups is 3. The van der Waals surface area contributed by atoms with Gasteiger partial charge in [0.2, 0.25) is 0 Å². The summed E-state index contributed by atoms with van der Waals surface area (Å²) in [5.41, 5.74) is 0.646. The number of hydrogen-bond acceptors (Lipinski definition) is 6. The third-order valence-electron chi connectivity index (χ3n) is 2.79. The Balaban J connectivity index is 2.70. The molecule has 0 radical (unpaired) electrons. The van der Waals surface area contributed by atoms with Crippen molar-refractivity contribution in [1.29, 1.82) is 0 Å². The van der Waals surface area contributed by atoms with Gasteiger partial charge in [0.15, 0.2) is 0 Å². The topological polar surface area (TPSA) is 116 Å². The van der Waals surface area contributed by atoms with E-state index in [0.717, 1.165) is 4.90 Å². The molecule has 1 aromatic carbocycles. The molecule has 0 saturated heterocycles. The van der Waals surface area contributed by atoms with Crippen molar-refractivity contribution in [3.05, 3.63) is 29.8 Å². The molecule has 0 spiro atoms. The zero-order valence-electron chi connectivity index (χ0n) is 12.1. The van der Waals surface area contributed by atoms with E-state index < -0.39 is 17.8 Å². The van der Waals surface area contributed by atoms with E-state index in [1.54, 1.807) is 0 Å². The van der Waals surface area contributed by atoms with Crippen molar-refractivity contribution < 1.29 is 29.3 Å². The smallest absolute Gasteiger partial charge is 0.337 e. The molecule has 0 aromatic heterocycles. The second-order valence-electron chi connectivity index (χ2n) is 4.26. The van der Waals surface area contributed by atoms with Crippen LogP contribution in [0.15, 0.2) is 24.3 Å². The third-order valence-corrected chi connectivity index (χ3v) is 2.79. The van der Waals surface area contributed by atoms with E-state index in [9.17, 15) is 14.4 Å². The van der Waals surface area contributed by atoms with E-state index in [2.05, 4.69) is 10.1 Å². The first kappa shape index (κ1) is 17.6. The molecular formula is C14H18N2O6. The number of hydrogen-bond donors (Lipinski definition) is 3. The predicted octanol–water partition coefficient (Wildman–Crippen LogP) is -0.775. The Bertz CT molecular complexity index is 523. The molecule has 8 heteroatoms. The Hall–Kier alpha value is -2.45. The minimum absolute atomic E-state index is 0.0475. The van der Waals surface area contributed by atoms with Crippen LogP contribution < -0.4 is 5.32 Å². The third kappa shape index (κ3) is 4.83. The monoisotopic (exact) mass is 310 g/mol. The van der Waals surface area contributed by atoms with Gasteiger partial charge in [0.1, 0.15) is 0 Å². The van der Waals surface area contributed by atoms with Crippen molar-refractivity contribution in [2.45, 2.75) is 0 Å². The minimum Gasteiger partial charge on any atom is -0.465 e. The minimum atomic E-state index is -0.896. The second-order valence-corrected chi connectivity index (χ2v) is 4.26. The Kier molecular flexibility index (Phi) is 7.00. The van der Waals surface area contributed by atoms with Gasteiger partial charge in [0, 0.05) is 18.8 Å². The fourth-order valence-corrected chi connectivity index (χ4v) is 1.69. The molecule has 2 amide bonds. The fraction of sp³-hybridized carbons (Fsp3) is 0.357. The quantitative estimate of drug-likeness (QED) is 0.469. The Labute approximate surface area is 127 Å². The molecule has 0 atom stereocenters. The molecule has 0 aliphatic rings. The fourth-order valence-electron chi connectivity index (χ4n) is 1.69. The molecule has 0 aliphatic carbocycles. The first-order chi connectivity index (χ1) is 10.5. The standard InChI is InChI=1S/C14H18N2O6/c1-22-14(21)10-2-4-11(5-3-10)15-12(19)13(20)16(6-8-17)7-9-18/h2-5,17-18H,6-9H2,1H3,(H,15,19). The Morgan fingerprint density at radius 1 is 1.09 bits per heavy atom. The van der Waals surface area contributed by atoms with Crippen LogP contribution >= 0.6 is 0 Å². The van der Waals surface area contributed by atoms with Gasteiger partial charge in [-0.1, -0.05) is 0 Å². The van der Waals surface area contributed by atoms with E-state index in [-0.39, 0.29) is 26.3 Å². The van der Waals surface area contributed by atoms with Crippen LogP contribution in [0.4, 0.5) is 5.69 Å². The molecule has 1 rings (SSSR count). The van der Waals surface area contributed by atoms with Crippen LogP contribution in [-0.4, -0.2) is 66.3 Å². The Morgan fingerprint density at radius 2 is 1.64 bits per heavy atom. The van der Waals surface area contributed by atoms with Crippen molar-refractivity contribution in [1.82, 2.24) is 4.90 Å². The van der Waals surface area contributed by atoms with Crippen LogP contribution in [0.3, 0.4) is 0 Å². The number of methoxy groups -OCH3 is 1. The number of amides is 2. The molecule has 0 saturated carbocycles. The lowest BCUT2D eigenvalue weighted by atomic mass is 10.2. The number of carbonyl (C=O) groups excluding carboxylic acids is 3. The van der Waals surface area contributed by atoms with Gasteiger partial charge < -0.3 is 25.2 Å². The normalized spacial score (nSPS) is 9.95. The number of rotatable bonds is 6. The number of esters is 1. The lowest BCUT2D eigenvalue weighted by molar-refractivity contribution is -0.143. The summed E-state index contributed by atoms with van der Waals surface area (Å²) in [5, 5.41) is 20.1. The van der Waals surface area contributed by atoms with Crippen molar-refractivity contribution in [3.8, 4) is 0 Å². The summed E-state index contributed by atoms with van der Waals surface area (Å²) in [5.74, 6) is -2.26. The lowest BCUT2D eigenvalue weighted by Gasteiger charge is -2.19. The summed E-state index contributed by atoms with van der Waals surface area (Å²) >= 11 is 0. The summed E-state index contributed by atoms with van der Waals surface area (Å²) in [6, 6.07) is 5.82. The zero-order valence-corrected chi connectivity index (χ0v) is 12.1. The molecule has 0 heterocycles. The summed E-state index contributed by atoms with van der Waals surface area (Å²) in [6.07, 6.45) is 0. The van der Waals surface area contributed by atoms with Crippen LogP contribution in [0, 0.1) is 0 Å². The highest BCUT2D eigenvalue weighted by Gasteiger charge is 2.21. The van der Waals surface area contributed by atoms with Gasteiger partial charge >= 0.3 is 17.8 Å². The van der Waals surface area contributed by atoms with Crippen molar-refractivity contribution in [2.75, 3.05) is 38.7 Å². The molecule has 0 aliphatic heterocycles. The number of nitrogens with zero attached hydrogens (tertiary/aromatic N) is 1. The van der Waals surface area contributed by atoms with Crippen molar-refractivity contribution in [3.63, 3.8) is 0 Å². The predicted molar refractivity (Wildman–Crippen MR) is 77.2 cm³/mol. The highest BCUT2D eigenvalue weighted by molar-refractivity contribution is 6.39. The van der Waals surface area contributed by atoms with Crippen LogP contribution in [0.1, 0.15) is 10.4 Å². The summed E-state index contributed by atoms with van der Waals surface area (Å²) in [7, 11) is 1.26. The molecular weight excluding hydrogens is 292 g/mol. The number of aliphatic hydroxyl groups excluding tert-OH is 2. The zero-order chi connectivity index (χ0) is 16.5. The molecule has 0 fully saturated rings. The number of benzene rings is 1. The second kappa shape index (κ2) is 8.75. The van der Waals surface area contributed by atoms with Crippen LogP contribution in [-0.2, 0) is 14.3 Å². The van der Waals surface area contributed by atoms with E-state index in [0.29, 0.717) is 11.3 Å². The van der Waals surface area contributed by atoms with Gasteiger partial charge in [0.05, 0.1) is 25.9 Å². The summed E-state index contributed by atoms with van der Waals surface area (Å²) < 4.78 is 4.55. The van der Waals surface area contributed by atoms with E-state index in [1.807, 2.05) is 0 Å². The largest absolute Gasteiger partial charge is 0.465 e. The molecule has 22 heavy (non-hydrogen) atoms. The number of ether oxygens (including phenoxy) is 1. The average molecular weight is 310 g/mol. The van der Waals surface area contributed by atoms with Gasteiger partial charge in [-0.15, -0.1) is 0 Å². The maximum absolute atomic E-state index is 11.9. The van der Waals surface area contributed by atoms with Crippen LogP contribution in [0.25, 0.3) is 0 Å². The van der Waals surface area contributed by atoms with E-state index in [4.69, 9.17) is 10.2 Å². The molecule has 0 bridgehead atoms. The molecule has 120 valence electrons. The SMILES string of the molecule is COC(=O)c1ccc(NC(=O)C(=O)N(CCO)CCO)cc1. The number of anilines is 1. The number of nitrogens with one attached hydrogen (secondary N) is 1. The van der Waals surface area contributed by atoms with Crippen molar-refractivity contribution >= 4 is 23.5 Å². The Morgan fingerprint density at radius 3 is 2.09 bits per heavy atom. The van der Waals surface area contributed by atoms with Crippen LogP contribution in [0.5, 0.6) is 0 Å². The van der Waals surface area contributed by atoms with E-state index in [1.165, 1.54) is 31.4 Å². The maximum atomic E-state index is 11.9. The molecule has 1 aromatic rings. The van der Waals surface area contributed by atoms with Crippen molar-refractivity contribution in [2.24, 2.45) is 0 Å². The first-order valence-corrected chi connectivity index (χ1v) is 6.53. The van der Waals surface area contributed by atoms with Gasteiger partial charge in [-0.2, -0.15) is 0 Å². The molecule has 3 N–H and O–H groups in total. The lowest BCUT2D eigenvalue weighted by Crippen LogP contribution is -2.42. The summed E-state index contributed by atoms with van der Waals surface area (Å²) in [4.78, 5) is 36.0.